The maximum absolute atomic E-state index is 12.5. The number of carbonyl (C=O) groups excluding carboxylic acids is 2. The summed E-state index contributed by atoms with van der Waals surface area (Å²) in [5.41, 5.74) is 2.29. The van der Waals surface area contributed by atoms with Crippen LogP contribution in [0.4, 0.5) is 0 Å². The molecule has 2 unspecified atom stereocenters. The molecule has 2 aromatic rings. The van der Waals surface area contributed by atoms with Crippen LogP contribution in [0.15, 0.2) is 33.7 Å². The van der Waals surface area contributed by atoms with Crippen LogP contribution in [0.5, 0.6) is 0 Å². The molecule has 0 saturated carbocycles. The Labute approximate surface area is 149 Å². The van der Waals surface area contributed by atoms with Gasteiger partial charge in [-0.15, -0.1) is 11.8 Å². The molecule has 0 aliphatic carbocycles. The van der Waals surface area contributed by atoms with E-state index in [9.17, 15) is 9.59 Å². The number of benzene rings is 1. The molecule has 0 spiro atoms. The van der Waals surface area contributed by atoms with E-state index in [2.05, 4.69) is 5.16 Å². The first-order valence-corrected chi connectivity index (χ1v) is 8.99. The van der Waals surface area contributed by atoms with Crippen LogP contribution in [0.2, 0.25) is 0 Å². The SMILES string of the molecule is Cc1noc(C)c1CSc1ccccc1C(=O)OC1CC(C)OC1=O. The standard InChI is InChI=1S/C18H19NO5S/c1-10-8-15(18(21)22-10)23-17(20)13-6-4-5-7-16(13)25-9-14-11(2)19-24-12(14)3/h4-7,10,15H,8-9H2,1-3H3. The minimum atomic E-state index is -0.830. The summed E-state index contributed by atoms with van der Waals surface area (Å²) in [5.74, 6) is 0.404. The molecule has 0 radical (unpaired) electrons. The van der Waals surface area contributed by atoms with Crippen molar-refractivity contribution < 1.29 is 23.6 Å². The van der Waals surface area contributed by atoms with Crippen molar-refractivity contribution in [1.82, 2.24) is 5.16 Å². The van der Waals surface area contributed by atoms with Crippen LogP contribution in [0, 0.1) is 13.8 Å². The Morgan fingerprint density at radius 1 is 1.36 bits per heavy atom. The number of carbonyl (C=O) groups is 2. The molecule has 7 heteroatoms. The first-order valence-electron chi connectivity index (χ1n) is 8.00. The molecule has 1 aliphatic rings. The molecular weight excluding hydrogens is 342 g/mol. The van der Waals surface area contributed by atoms with Gasteiger partial charge in [-0.3, -0.25) is 0 Å². The van der Waals surface area contributed by atoms with Gasteiger partial charge in [0.25, 0.3) is 0 Å². The Kier molecular flexibility index (Phi) is 5.13. The van der Waals surface area contributed by atoms with E-state index in [4.69, 9.17) is 14.0 Å². The summed E-state index contributed by atoms with van der Waals surface area (Å²) in [7, 11) is 0. The molecule has 132 valence electrons. The summed E-state index contributed by atoms with van der Waals surface area (Å²) < 4.78 is 15.5. The Morgan fingerprint density at radius 2 is 2.12 bits per heavy atom. The predicted octanol–water partition coefficient (Wildman–Crippen LogP) is 3.44. The van der Waals surface area contributed by atoms with Crippen molar-refractivity contribution in [3.63, 3.8) is 0 Å². The Balaban J connectivity index is 1.72. The monoisotopic (exact) mass is 361 g/mol. The number of thioether (sulfide) groups is 1. The quantitative estimate of drug-likeness (QED) is 0.596. The van der Waals surface area contributed by atoms with Gasteiger partial charge in [0.15, 0.2) is 0 Å². The lowest BCUT2D eigenvalue weighted by Crippen LogP contribution is -2.23. The van der Waals surface area contributed by atoms with Gasteiger partial charge in [-0.1, -0.05) is 17.3 Å². The van der Waals surface area contributed by atoms with Gasteiger partial charge in [0.1, 0.15) is 11.9 Å². The zero-order valence-electron chi connectivity index (χ0n) is 14.3. The fraction of sp³-hybridized carbons (Fsp3) is 0.389. The first kappa shape index (κ1) is 17.5. The predicted molar refractivity (Wildman–Crippen MR) is 91.4 cm³/mol. The first-order chi connectivity index (χ1) is 12.0. The summed E-state index contributed by atoms with van der Waals surface area (Å²) in [6.07, 6.45) is -0.670. The highest BCUT2D eigenvalue weighted by molar-refractivity contribution is 7.98. The maximum Gasteiger partial charge on any atom is 0.347 e. The minimum absolute atomic E-state index is 0.227. The average molecular weight is 361 g/mol. The average Bonchev–Trinajstić information content (AvgIpc) is 3.07. The summed E-state index contributed by atoms with van der Waals surface area (Å²) >= 11 is 1.50. The number of cyclic esters (lactones) is 1. The second kappa shape index (κ2) is 7.31. The second-order valence-electron chi connectivity index (χ2n) is 5.96. The molecule has 1 aromatic heterocycles. The summed E-state index contributed by atoms with van der Waals surface area (Å²) in [5, 5.41) is 3.94. The van der Waals surface area contributed by atoms with Crippen molar-refractivity contribution in [2.24, 2.45) is 0 Å². The third-order valence-electron chi connectivity index (χ3n) is 4.04. The van der Waals surface area contributed by atoms with E-state index in [1.165, 1.54) is 11.8 Å². The molecule has 25 heavy (non-hydrogen) atoms. The van der Waals surface area contributed by atoms with Gasteiger partial charge < -0.3 is 14.0 Å². The smallest absolute Gasteiger partial charge is 0.347 e. The van der Waals surface area contributed by atoms with Crippen molar-refractivity contribution in [2.75, 3.05) is 0 Å². The lowest BCUT2D eigenvalue weighted by molar-refractivity contribution is -0.147. The minimum Gasteiger partial charge on any atom is -0.460 e. The molecule has 1 aromatic carbocycles. The Morgan fingerprint density at radius 3 is 2.76 bits per heavy atom. The van der Waals surface area contributed by atoms with E-state index < -0.39 is 18.0 Å². The van der Waals surface area contributed by atoms with Crippen LogP contribution < -0.4 is 0 Å². The number of hydrogen-bond donors (Lipinski definition) is 0. The lowest BCUT2D eigenvalue weighted by atomic mass is 10.2. The van der Waals surface area contributed by atoms with E-state index in [0.29, 0.717) is 17.7 Å². The Hall–Kier alpha value is -2.28. The van der Waals surface area contributed by atoms with Gasteiger partial charge in [-0.05, 0) is 32.9 Å². The normalized spacial score (nSPS) is 19.7. The zero-order valence-corrected chi connectivity index (χ0v) is 15.1. The number of nitrogens with zero attached hydrogens (tertiary/aromatic N) is 1. The summed E-state index contributed by atoms with van der Waals surface area (Å²) in [6, 6.07) is 7.18. The number of esters is 2. The summed E-state index contributed by atoms with van der Waals surface area (Å²) in [4.78, 5) is 24.9. The fourth-order valence-electron chi connectivity index (χ4n) is 2.63. The van der Waals surface area contributed by atoms with Crippen molar-refractivity contribution in [1.29, 1.82) is 0 Å². The topological polar surface area (TPSA) is 78.6 Å². The Bertz CT molecular complexity index is 781. The van der Waals surface area contributed by atoms with Crippen LogP contribution >= 0.6 is 11.8 Å². The fourth-order valence-corrected chi connectivity index (χ4v) is 3.82. The molecule has 2 heterocycles. The number of ether oxygens (including phenoxy) is 2. The van der Waals surface area contributed by atoms with E-state index in [1.54, 1.807) is 19.1 Å². The summed E-state index contributed by atoms with van der Waals surface area (Å²) in [6.45, 7) is 5.53. The number of rotatable bonds is 5. The molecular formula is C18H19NO5S. The van der Waals surface area contributed by atoms with Crippen molar-refractivity contribution in [2.45, 2.75) is 50.0 Å². The zero-order chi connectivity index (χ0) is 18.0. The van der Waals surface area contributed by atoms with Gasteiger partial charge in [0, 0.05) is 22.6 Å². The van der Waals surface area contributed by atoms with Crippen molar-refractivity contribution in [3.8, 4) is 0 Å². The van der Waals surface area contributed by atoms with Crippen LogP contribution in [-0.4, -0.2) is 29.3 Å². The molecule has 6 nitrogen and oxygen atoms in total. The van der Waals surface area contributed by atoms with Gasteiger partial charge >= 0.3 is 11.9 Å². The molecule has 3 rings (SSSR count). The molecule has 2 atom stereocenters. The molecule has 1 saturated heterocycles. The third-order valence-corrected chi connectivity index (χ3v) is 5.14. The van der Waals surface area contributed by atoms with Crippen LogP contribution in [0.3, 0.4) is 0 Å². The van der Waals surface area contributed by atoms with E-state index in [1.807, 2.05) is 26.0 Å². The highest BCUT2D eigenvalue weighted by Crippen LogP contribution is 2.30. The second-order valence-corrected chi connectivity index (χ2v) is 6.98. The number of aromatic nitrogens is 1. The van der Waals surface area contributed by atoms with E-state index in [0.717, 1.165) is 21.9 Å². The largest absolute Gasteiger partial charge is 0.460 e. The van der Waals surface area contributed by atoms with Crippen LogP contribution in [0.25, 0.3) is 0 Å². The molecule has 1 fully saturated rings. The van der Waals surface area contributed by atoms with Gasteiger partial charge in [-0.25, -0.2) is 9.59 Å². The van der Waals surface area contributed by atoms with E-state index in [-0.39, 0.29) is 6.10 Å². The van der Waals surface area contributed by atoms with Crippen molar-refractivity contribution >= 4 is 23.7 Å². The molecule has 0 amide bonds. The van der Waals surface area contributed by atoms with Gasteiger partial charge in [0.2, 0.25) is 6.10 Å². The van der Waals surface area contributed by atoms with Crippen LogP contribution in [-0.2, 0) is 20.0 Å². The molecule has 0 N–H and O–H groups in total. The third kappa shape index (κ3) is 3.87. The van der Waals surface area contributed by atoms with E-state index >= 15 is 0 Å². The van der Waals surface area contributed by atoms with Gasteiger partial charge in [0.05, 0.1) is 11.3 Å². The van der Waals surface area contributed by atoms with Crippen molar-refractivity contribution in [3.05, 3.63) is 46.8 Å². The number of hydrogen-bond acceptors (Lipinski definition) is 7. The van der Waals surface area contributed by atoms with Crippen LogP contribution in [0.1, 0.15) is 40.7 Å². The maximum atomic E-state index is 12.5. The highest BCUT2D eigenvalue weighted by Gasteiger charge is 2.35. The lowest BCUT2D eigenvalue weighted by Gasteiger charge is -2.11. The highest BCUT2D eigenvalue weighted by atomic mass is 32.2. The molecule has 0 bridgehead atoms. The molecule has 1 aliphatic heterocycles. The van der Waals surface area contributed by atoms with Gasteiger partial charge in [-0.2, -0.15) is 0 Å². The number of aryl methyl sites for hydroxylation is 2.